The zero-order valence-electron chi connectivity index (χ0n) is 7.52. The van der Waals surface area contributed by atoms with Crippen molar-refractivity contribution in [1.82, 2.24) is 0 Å². The number of nitrogens with two attached hydrogens (primary N) is 1. The summed E-state index contributed by atoms with van der Waals surface area (Å²) in [5, 5.41) is 0. The number of ether oxygens (including phenoxy) is 1. The van der Waals surface area contributed by atoms with E-state index in [9.17, 15) is 4.79 Å². The van der Waals surface area contributed by atoms with Gasteiger partial charge < -0.3 is 10.5 Å². The molecule has 0 unspecified atom stereocenters. The van der Waals surface area contributed by atoms with Crippen molar-refractivity contribution in [2.45, 2.75) is 27.2 Å². The highest BCUT2D eigenvalue weighted by Gasteiger charge is 2.10. The van der Waals surface area contributed by atoms with E-state index in [1.807, 2.05) is 0 Å². The maximum Gasteiger partial charge on any atom is 0.319 e. The largest absolute Gasteiger partial charge is 0.465 e. The summed E-state index contributed by atoms with van der Waals surface area (Å²) < 4.78 is 4.80. The van der Waals surface area contributed by atoms with Crippen LogP contribution >= 0.6 is 0 Å². The van der Waals surface area contributed by atoms with Gasteiger partial charge in [-0.25, -0.2) is 0 Å². The van der Waals surface area contributed by atoms with Crippen LogP contribution < -0.4 is 5.73 Å². The highest BCUT2D eigenvalue weighted by atomic mass is 16.5. The van der Waals surface area contributed by atoms with Crippen LogP contribution in [-0.4, -0.2) is 19.1 Å². The first kappa shape index (κ1) is 10.4. The molecule has 2 N–H and O–H groups in total. The third kappa shape index (κ3) is 7.33. The molecule has 0 atom stereocenters. The van der Waals surface area contributed by atoms with Crippen LogP contribution in [0.15, 0.2) is 0 Å². The minimum Gasteiger partial charge on any atom is -0.465 e. The quantitative estimate of drug-likeness (QED) is 0.623. The molecule has 66 valence electrons. The third-order valence-corrected chi connectivity index (χ3v) is 1.28. The van der Waals surface area contributed by atoms with Crippen molar-refractivity contribution < 1.29 is 9.53 Å². The number of hydrogen-bond acceptors (Lipinski definition) is 3. The summed E-state index contributed by atoms with van der Waals surface area (Å²) >= 11 is 0. The molecule has 0 saturated heterocycles. The van der Waals surface area contributed by atoms with Crippen molar-refractivity contribution >= 4 is 5.97 Å². The van der Waals surface area contributed by atoms with Crippen molar-refractivity contribution in [3.05, 3.63) is 0 Å². The molecule has 0 rings (SSSR count). The fourth-order valence-corrected chi connectivity index (χ4v) is 0.530. The van der Waals surface area contributed by atoms with Gasteiger partial charge in [0.05, 0.1) is 13.2 Å². The van der Waals surface area contributed by atoms with Crippen LogP contribution in [0.3, 0.4) is 0 Å². The summed E-state index contributed by atoms with van der Waals surface area (Å²) in [6.45, 7) is 6.75. The number of rotatable bonds is 3. The lowest BCUT2D eigenvalue weighted by Gasteiger charge is -2.17. The Labute approximate surface area is 67.9 Å². The standard InChI is InChI=1S/C8H17NO2/c1-8(2,3)4-5-11-7(10)6-9/h4-6,9H2,1-3H3. The van der Waals surface area contributed by atoms with E-state index in [0.29, 0.717) is 6.61 Å². The monoisotopic (exact) mass is 159 g/mol. The SMILES string of the molecule is CC(C)(C)CCOC(=O)CN. The minimum atomic E-state index is -0.325. The van der Waals surface area contributed by atoms with E-state index in [4.69, 9.17) is 10.5 Å². The van der Waals surface area contributed by atoms with Crippen LogP contribution in [-0.2, 0) is 9.53 Å². The van der Waals surface area contributed by atoms with E-state index < -0.39 is 0 Å². The predicted octanol–water partition coefficient (Wildman–Crippen LogP) is 0.924. The van der Waals surface area contributed by atoms with Crippen molar-refractivity contribution in [2.24, 2.45) is 11.1 Å². The van der Waals surface area contributed by atoms with Crippen molar-refractivity contribution in [1.29, 1.82) is 0 Å². The first-order chi connectivity index (χ1) is 4.95. The van der Waals surface area contributed by atoms with Gasteiger partial charge in [0.25, 0.3) is 0 Å². The second-order valence-corrected chi connectivity index (χ2v) is 3.74. The molecule has 0 saturated carbocycles. The van der Waals surface area contributed by atoms with Gasteiger partial charge in [-0.15, -0.1) is 0 Å². The Kier molecular flexibility index (Phi) is 4.11. The fourth-order valence-electron chi connectivity index (χ4n) is 0.530. The maximum absolute atomic E-state index is 10.6. The number of carbonyl (C=O) groups excluding carboxylic acids is 1. The molecule has 0 heterocycles. The van der Waals surface area contributed by atoms with Gasteiger partial charge in [0.2, 0.25) is 0 Å². The van der Waals surface area contributed by atoms with Crippen molar-refractivity contribution in [3.8, 4) is 0 Å². The van der Waals surface area contributed by atoms with E-state index in [2.05, 4.69) is 20.8 Å². The predicted molar refractivity (Wildman–Crippen MR) is 44.1 cm³/mol. The summed E-state index contributed by atoms with van der Waals surface area (Å²) in [5.41, 5.74) is 5.26. The zero-order valence-corrected chi connectivity index (χ0v) is 7.52. The molecule has 0 aromatic carbocycles. The number of hydrogen-bond donors (Lipinski definition) is 1. The van der Waals surface area contributed by atoms with E-state index in [-0.39, 0.29) is 17.9 Å². The average Bonchev–Trinajstić information content (AvgIpc) is 1.85. The summed E-state index contributed by atoms with van der Waals surface area (Å²) in [6, 6.07) is 0. The Hall–Kier alpha value is -0.570. The summed E-state index contributed by atoms with van der Waals surface area (Å²) in [4.78, 5) is 10.6. The molecule has 0 spiro atoms. The van der Waals surface area contributed by atoms with Gasteiger partial charge in [-0.3, -0.25) is 4.79 Å². The summed E-state index contributed by atoms with van der Waals surface area (Å²) in [5.74, 6) is -0.325. The van der Waals surface area contributed by atoms with E-state index in [1.165, 1.54) is 0 Å². The summed E-state index contributed by atoms with van der Waals surface area (Å²) in [7, 11) is 0. The van der Waals surface area contributed by atoms with Gasteiger partial charge in [-0.05, 0) is 11.8 Å². The Balaban J connectivity index is 3.35. The minimum absolute atomic E-state index is 0.0237. The van der Waals surface area contributed by atoms with Crippen molar-refractivity contribution in [2.75, 3.05) is 13.2 Å². The van der Waals surface area contributed by atoms with Gasteiger partial charge in [0.1, 0.15) is 0 Å². The molecule has 0 aromatic rings. The van der Waals surface area contributed by atoms with Gasteiger partial charge in [0, 0.05) is 0 Å². The van der Waals surface area contributed by atoms with Gasteiger partial charge in [-0.2, -0.15) is 0 Å². The van der Waals surface area contributed by atoms with E-state index >= 15 is 0 Å². The molecule has 11 heavy (non-hydrogen) atoms. The summed E-state index contributed by atoms with van der Waals surface area (Å²) in [6.07, 6.45) is 0.874. The molecular formula is C8H17NO2. The maximum atomic E-state index is 10.6. The van der Waals surface area contributed by atoms with E-state index in [1.54, 1.807) is 0 Å². The molecule has 0 bridgehead atoms. The molecule has 0 aliphatic rings. The van der Waals surface area contributed by atoms with Crippen LogP contribution in [0.5, 0.6) is 0 Å². The van der Waals surface area contributed by atoms with Crippen LogP contribution in [0, 0.1) is 5.41 Å². The normalized spacial score (nSPS) is 11.3. The zero-order chi connectivity index (χ0) is 8.91. The van der Waals surface area contributed by atoms with Crippen LogP contribution in [0.4, 0.5) is 0 Å². The van der Waals surface area contributed by atoms with Gasteiger partial charge in [0.15, 0.2) is 0 Å². The Morgan fingerprint density at radius 1 is 1.45 bits per heavy atom. The van der Waals surface area contributed by atoms with Crippen LogP contribution in [0.2, 0.25) is 0 Å². The van der Waals surface area contributed by atoms with Gasteiger partial charge in [-0.1, -0.05) is 20.8 Å². The molecule has 3 heteroatoms. The highest BCUT2D eigenvalue weighted by molar-refractivity contribution is 5.71. The smallest absolute Gasteiger partial charge is 0.319 e. The second-order valence-electron chi connectivity index (χ2n) is 3.74. The Morgan fingerprint density at radius 3 is 2.36 bits per heavy atom. The second kappa shape index (κ2) is 4.34. The number of esters is 1. The lowest BCUT2D eigenvalue weighted by molar-refractivity contribution is -0.142. The molecule has 3 nitrogen and oxygen atoms in total. The molecular weight excluding hydrogens is 142 g/mol. The fraction of sp³-hybridized carbons (Fsp3) is 0.875. The first-order valence-corrected chi connectivity index (χ1v) is 3.81. The molecule has 0 radical (unpaired) electrons. The molecule has 0 amide bonds. The third-order valence-electron chi connectivity index (χ3n) is 1.28. The molecule has 0 aliphatic carbocycles. The Bertz CT molecular complexity index is 127. The van der Waals surface area contributed by atoms with Crippen molar-refractivity contribution in [3.63, 3.8) is 0 Å². The van der Waals surface area contributed by atoms with E-state index in [0.717, 1.165) is 6.42 Å². The molecule has 0 aliphatic heterocycles. The van der Waals surface area contributed by atoms with Crippen LogP contribution in [0.25, 0.3) is 0 Å². The average molecular weight is 159 g/mol. The lowest BCUT2D eigenvalue weighted by atomic mass is 9.93. The molecule has 0 fully saturated rings. The van der Waals surface area contributed by atoms with Crippen LogP contribution in [0.1, 0.15) is 27.2 Å². The first-order valence-electron chi connectivity index (χ1n) is 3.81. The number of carbonyl (C=O) groups is 1. The topological polar surface area (TPSA) is 52.3 Å². The highest BCUT2D eigenvalue weighted by Crippen LogP contribution is 2.17. The Morgan fingerprint density at radius 2 is 2.00 bits per heavy atom. The lowest BCUT2D eigenvalue weighted by Crippen LogP contribution is -2.19. The molecule has 0 aromatic heterocycles. The van der Waals surface area contributed by atoms with Gasteiger partial charge >= 0.3 is 5.97 Å².